The van der Waals surface area contributed by atoms with Crippen LogP contribution >= 0.6 is 11.3 Å². The van der Waals surface area contributed by atoms with Gasteiger partial charge in [-0.05, 0) is 0 Å². The van der Waals surface area contributed by atoms with Gasteiger partial charge in [0.2, 0.25) is 4.96 Å². The Morgan fingerprint density at radius 3 is 2.75 bits per heavy atom. The molecule has 4 heteroatoms. The molecule has 0 aliphatic rings. The maximum atomic E-state index is 4.46. The maximum Gasteiger partial charge on any atom is 0.212 e. The van der Waals surface area contributed by atoms with Gasteiger partial charge in [-0.1, -0.05) is 32.1 Å². The lowest BCUT2D eigenvalue weighted by Gasteiger charge is -2.13. The molecule has 0 amide bonds. The molecule has 0 saturated carbocycles. The molecule has 64 valence electrons. The fraction of sp³-hybridized carbons (Fsp3) is 0.500. The van der Waals surface area contributed by atoms with Crippen molar-refractivity contribution in [3.8, 4) is 0 Å². The van der Waals surface area contributed by atoms with E-state index in [1.807, 2.05) is 10.7 Å². The topological polar surface area (TPSA) is 30.2 Å². The molecule has 0 fully saturated rings. The van der Waals surface area contributed by atoms with Gasteiger partial charge >= 0.3 is 0 Å². The molecule has 2 aromatic rings. The van der Waals surface area contributed by atoms with Crippen LogP contribution in [0, 0.1) is 0 Å². The van der Waals surface area contributed by atoms with Crippen molar-refractivity contribution in [1.29, 1.82) is 0 Å². The molecule has 0 atom stereocenters. The summed E-state index contributed by atoms with van der Waals surface area (Å²) in [6.07, 6.45) is 1.99. The number of hydrogen-bond donors (Lipinski definition) is 0. The molecule has 0 saturated heterocycles. The molecule has 2 heterocycles. The lowest BCUT2D eigenvalue weighted by Crippen LogP contribution is -2.11. The number of aromatic nitrogens is 3. The zero-order valence-electron chi connectivity index (χ0n) is 7.40. The first-order valence-corrected chi connectivity index (χ1v) is 4.75. The van der Waals surface area contributed by atoms with Gasteiger partial charge in [-0.3, -0.25) is 0 Å². The second-order valence-electron chi connectivity index (χ2n) is 3.84. The Labute approximate surface area is 75.1 Å². The van der Waals surface area contributed by atoms with Crippen molar-refractivity contribution in [1.82, 2.24) is 14.6 Å². The molecule has 0 N–H and O–H groups in total. The van der Waals surface area contributed by atoms with E-state index in [1.165, 1.54) is 0 Å². The summed E-state index contributed by atoms with van der Waals surface area (Å²) in [5.74, 6) is 0. The fourth-order valence-corrected chi connectivity index (χ4v) is 1.60. The lowest BCUT2D eigenvalue weighted by atomic mass is 9.93. The summed E-state index contributed by atoms with van der Waals surface area (Å²) < 4.78 is 1.82. The van der Waals surface area contributed by atoms with Crippen molar-refractivity contribution < 1.29 is 0 Å². The van der Waals surface area contributed by atoms with Crippen molar-refractivity contribution in [3.63, 3.8) is 0 Å². The second kappa shape index (κ2) is 2.29. The first-order chi connectivity index (χ1) is 5.57. The molecule has 0 radical (unpaired) electrons. The van der Waals surface area contributed by atoms with Crippen molar-refractivity contribution in [2.75, 3.05) is 0 Å². The monoisotopic (exact) mass is 181 g/mol. The summed E-state index contributed by atoms with van der Waals surface area (Å²) in [4.78, 5) is 5.44. The van der Waals surface area contributed by atoms with Crippen LogP contribution in [0.5, 0.6) is 0 Å². The van der Waals surface area contributed by atoms with Crippen LogP contribution in [0.25, 0.3) is 4.96 Å². The highest BCUT2D eigenvalue weighted by Gasteiger charge is 2.17. The Morgan fingerprint density at radius 1 is 1.42 bits per heavy atom. The molecule has 0 aliphatic carbocycles. The quantitative estimate of drug-likeness (QED) is 0.623. The SMILES string of the molecule is CC(C)(C)c1cn2ncsc2n1. The van der Waals surface area contributed by atoms with Crippen molar-refractivity contribution in [2.24, 2.45) is 0 Å². The highest BCUT2D eigenvalue weighted by molar-refractivity contribution is 7.14. The Hall–Kier alpha value is -0.900. The normalized spacial score (nSPS) is 12.6. The summed E-state index contributed by atoms with van der Waals surface area (Å²) >= 11 is 1.56. The predicted molar refractivity (Wildman–Crippen MR) is 49.6 cm³/mol. The summed E-state index contributed by atoms with van der Waals surface area (Å²) in [5.41, 5.74) is 3.02. The highest BCUT2D eigenvalue weighted by atomic mass is 32.1. The number of nitrogens with zero attached hydrogens (tertiary/aromatic N) is 3. The molecule has 2 aromatic heterocycles. The summed E-state index contributed by atoms with van der Waals surface area (Å²) in [7, 11) is 0. The van der Waals surface area contributed by atoms with Crippen LogP contribution in [0.3, 0.4) is 0 Å². The van der Waals surface area contributed by atoms with E-state index in [2.05, 4.69) is 30.9 Å². The van der Waals surface area contributed by atoms with Gasteiger partial charge in [0, 0.05) is 5.41 Å². The third-order valence-electron chi connectivity index (χ3n) is 1.75. The number of fused-ring (bicyclic) bond motifs is 1. The second-order valence-corrected chi connectivity index (χ2v) is 4.65. The molecule has 0 aromatic carbocycles. The van der Waals surface area contributed by atoms with Crippen molar-refractivity contribution >= 4 is 16.3 Å². The van der Waals surface area contributed by atoms with Crippen LogP contribution in [0.2, 0.25) is 0 Å². The smallest absolute Gasteiger partial charge is 0.212 e. The van der Waals surface area contributed by atoms with E-state index >= 15 is 0 Å². The minimum absolute atomic E-state index is 0.118. The lowest BCUT2D eigenvalue weighted by molar-refractivity contribution is 0.572. The van der Waals surface area contributed by atoms with Crippen LogP contribution in [-0.2, 0) is 5.41 Å². The number of hydrogen-bond acceptors (Lipinski definition) is 3. The Morgan fingerprint density at radius 2 is 2.17 bits per heavy atom. The minimum atomic E-state index is 0.118. The van der Waals surface area contributed by atoms with Gasteiger partial charge in [-0.15, -0.1) is 0 Å². The van der Waals surface area contributed by atoms with Gasteiger partial charge in [-0.2, -0.15) is 5.10 Å². The van der Waals surface area contributed by atoms with Crippen LogP contribution < -0.4 is 0 Å². The van der Waals surface area contributed by atoms with Crippen molar-refractivity contribution in [3.05, 3.63) is 17.4 Å². The van der Waals surface area contributed by atoms with Gasteiger partial charge in [-0.25, -0.2) is 9.50 Å². The minimum Gasteiger partial charge on any atom is -0.222 e. The fourth-order valence-electron chi connectivity index (χ4n) is 1.00. The summed E-state index contributed by atoms with van der Waals surface area (Å²) in [6, 6.07) is 0. The van der Waals surface area contributed by atoms with Crippen LogP contribution in [0.4, 0.5) is 0 Å². The van der Waals surface area contributed by atoms with Crippen LogP contribution in [-0.4, -0.2) is 14.6 Å². The molecule has 3 nitrogen and oxygen atoms in total. The van der Waals surface area contributed by atoms with Gasteiger partial charge < -0.3 is 0 Å². The summed E-state index contributed by atoms with van der Waals surface area (Å²) in [5, 5.41) is 4.13. The zero-order valence-corrected chi connectivity index (χ0v) is 8.22. The molecule has 0 aliphatic heterocycles. The van der Waals surface area contributed by atoms with Crippen LogP contribution in [0.1, 0.15) is 26.5 Å². The molecule has 0 bridgehead atoms. The van der Waals surface area contributed by atoms with Gasteiger partial charge in [0.25, 0.3) is 0 Å². The average Bonchev–Trinajstić information content (AvgIpc) is 2.37. The van der Waals surface area contributed by atoms with E-state index in [9.17, 15) is 0 Å². The van der Waals surface area contributed by atoms with Gasteiger partial charge in [0.15, 0.2) is 0 Å². The van der Waals surface area contributed by atoms with E-state index in [0.29, 0.717) is 0 Å². The Balaban J connectivity index is 2.59. The molecule has 2 rings (SSSR count). The van der Waals surface area contributed by atoms with Crippen LogP contribution in [0.15, 0.2) is 11.7 Å². The number of rotatable bonds is 0. The first kappa shape index (κ1) is 7.73. The molecule has 12 heavy (non-hydrogen) atoms. The van der Waals surface area contributed by atoms with E-state index in [1.54, 1.807) is 16.8 Å². The third-order valence-corrected chi connectivity index (χ3v) is 2.44. The van der Waals surface area contributed by atoms with Crippen molar-refractivity contribution in [2.45, 2.75) is 26.2 Å². The molecule has 0 spiro atoms. The van der Waals surface area contributed by atoms with E-state index < -0.39 is 0 Å². The maximum absolute atomic E-state index is 4.46. The molecular formula is C8H11N3S. The molecular weight excluding hydrogens is 170 g/mol. The highest BCUT2D eigenvalue weighted by Crippen LogP contribution is 2.22. The molecule has 0 unspecified atom stereocenters. The summed E-state index contributed by atoms with van der Waals surface area (Å²) in [6.45, 7) is 6.46. The Kier molecular flexibility index (Phi) is 1.48. The Bertz CT molecular complexity index is 365. The standard InChI is InChI=1S/C8H11N3S/c1-8(2,3)6-4-11-7(10-6)12-5-9-11/h4-5H,1-3H3. The van der Waals surface area contributed by atoms with Gasteiger partial charge in [0.05, 0.1) is 11.9 Å². The largest absolute Gasteiger partial charge is 0.222 e. The zero-order chi connectivity index (χ0) is 8.77. The predicted octanol–water partition coefficient (Wildman–Crippen LogP) is 2.09. The van der Waals surface area contributed by atoms with E-state index in [4.69, 9.17) is 0 Å². The van der Waals surface area contributed by atoms with Gasteiger partial charge in [0.1, 0.15) is 5.51 Å². The van der Waals surface area contributed by atoms with E-state index in [0.717, 1.165) is 10.7 Å². The first-order valence-electron chi connectivity index (χ1n) is 3.87. The average molecular weight is 181 g/mol. The number of imidazole rings is 1. The third kappa shape index (κ3) is 1.12. The van der Waals surface area contributed by atoms with E-state index in [-0.39, 0.29) is 5.41 Å².